The Morgan fingerprint density at radius 2 is 1.77 bits per heavy atom. The molecular formula is C17H21NO4. The van der Waals surface area contributed by atoms with Crippen LogP contribution >= 0.6 is 0 Å². The molecule has 5 nitrogen and oxygen atoms in total. The molecule has 1 heterocycles. The SMILES string of the molecule is C[C@H]1C[C@H](C)CN(C(=O)COC(=O)c2ccc(C=O)cc2)C1. The molecule has 1 saturated heterocycles. The molecule has 0 aliphatic carbocycles. The maximum Gasteiger partial charge on any atom is 0.338 e. The number of carbonyl (C=O) groups is 3. The lowest BCUT2D eigenvalue weighted by molar-refractivity contribution is -0.137. The van der Waals surface area contributed by atoms with Gasteiger partial charge in [-0.1, -0.05) is 26.0 Å². The smallest absolute Gasteiger partial charge is 0.338 e. The van der Waals surface area contributed by atoms with Gasteiger partial charge in [0.1, 0.15) is 6.29 Å². The molecular weight excluding hydrogens is 282 g/mol. The summed E-state index contributed by atoms with van der Waals surface area (Å²) in [5.74, 6) is 0.235. The summed E-state index contributed by atoms with van der Waals surface area (Å²) in [6, 6.07) is 6.11. The molecule has 118 valence electrons. The maximum absolute atomic E-state index is 12.1. The number of hydrogen-bond acceptors (Lipinski definition) is 4. The van der Waals surface area contributed by atoms with Crippen molar-refractivity contribution in [1.29, 1.82) is 0 Å². The second-order valence-corrected chi connectivity index (χ2v) is 6.06. The van der Waals surface area contributed by atoms with Gasteiger partial charge in [-0.25, -0.2) is 4.79 Å². The van der Waals surface area contributed by atoms with Crippen molar-refractivity contribution in [3.63, 3.8) is 0 Å². The largest absolute Gasteiger partial charge is 0.452 e. The summed E-state index contributed by atoms with van der Waals surface area (Å²) in [6.07, 6.45) is 1.82. The Hall–Kier alpha value is -2.17. The molecule has 1 aromatic rings. The van der Waals surface area contributed by atoms with Gasteiger partial charge in [-0.05, 0) is 30.4 Å². The van der Waals surface area contributed by atoms with Crippen LogP contribution in [0.2, 0.25) is 0 Å². The number of aldehydes is 1. The number of ether oxygens (including phenoxy) is 1. The van der Waals surface area contributed by atoms with Crippen LogP contribution in [0.1, 0.15) is 41.0 Å². The van der Waals surface area contributed by atoms with Gasteiger partial charge in [0.25, 0.3) is 5.91 Å². The lowest BCUT2D eigenvalue weighted by Gasteiger charge is -2.34. The van der Waals surface area contributed by atoms with Crippen LogP contribution in [0.3, 0.4) is 0 Å². The highest BCUT2D eigenvalue weighted by Crippen LogP contribution is 2.20. The fourth-order valence-corrected chi connectivity index (χ4v) is 2.87. The third-order valence-electron chi connectivity index (χ3n) is 3.83. The van der Waals surface area contributed by atoms with Crippen molar-refractivity contribution in [1.82, 2.24) is 4.90 Å². The molecule has 22 heavy (non-hydrogen) atoms. The van der Waals surface area contributed by atoms with Gasteiger partial charge in [0.15, 0.2) is 6.61 Å². The Morgan fingerprint density at radius 3 is 2.32 bits per heavy atom. The van der Waals surface area contributed by atoms with Crippen molar-refractivity contribution >= 4 is 18.2 Å². The van der Waals surface area contributed by atoms with Gasteiger partial charge >= 0.3 is 5.97 Å². The van der Waals surface area contributed by atoms with Gasteiger partial charge in [-0.3, -0.25) is 9.59 Å². The molecule has 0 saturated carbocycles. The first-order valence-electron chi connectivity index (χ1n) is 7.49. The van der Waals surface area contributed by atoms with E-state index in [1.165, 1.54) is 12.1 Å². The highest BCUT2D eigenvalue weighted by molar-refractivity contribution is 5.92. The Kier molecular flexibility index (Phi) is 5.31. The third kappa shape index (κ3) is 4.16. The summed E-state index contributed by atoms with van der Waals surface area (Å²) in [4.78, 5) is 36.3. The van der Waals surface area contributed by atoms with Gasteiger partial charge < -0.3 is 9.64 Å². The molecule has 1 fully saturated rings. The molecule has 0 aromatic heterocycles. The first-order valence-corrected chi connectivity index (χ1v) is 7.49. The van der Waals surface area contributed by atoms with E-state index in [-0.39, 0.29) is 12.5 Å². The normalized spacial score (nSPS) is 21.3. The molecule has 1 amide bonds. The molecule has 0 unspecified atom stereocenters. The van der Waals surface area contributed by atoms with Gasteiger partial charge in [-0.15, -0.1) is 0 Å². The van der Waals surface area contributed by atoms with Crippen LogP contribution in [0.4, 0.5) is 0 Å². The minimum Gasteiger partial charge on any atom is -0.452 e. The first kappa shape index (κ1) is 16.2. The average molecular weight is 303 g/mol. The topological polar surface area (TPSA) is 63.7 Å². The minimum absolute atomic E-state index is 0.156. The summed E-state index contributed by atoms with van der Waals surface area (Å²) < 4.78 is 5.07. The Morgan fingerprint density at radius 1 is 1.18 bits per heavy atom. The summed E-state index contributed by atoms with van der Waals surface area (Å²) in [5.41, 5.74) is 0.822. The van der Waals surface area contributed by atoms with Crippen LogP contribution in [0.15, 0.2) is 24.3 Å². The van der Waals surface area contributed by atoms with Crippen molar-refractivity contribution in [2.24, 2.45) is 11.8 Å². The number of piperidine rings is 1. The van der Waals surface area contributed by atoms with Gasteiger partial charge in [0, 0.05) is 18.7 Å². The van der Waals surface area contributed by atoms with Crippen LogP contribution in [-0.4, -0.2) is 42.8 Å². The lowest BCUT2D eigenvalue weighted by Crippen LogP contribution is -2.44. The first-order chi connectivity index (χ1) is 10.5. The van der Waals surface area contributed by atoms with E-state index in [9.17, 15) is 14.4 Å². The van der Waals surface area contributed by atoms with E-state index in [1.807, 2.05) is 0 Å². The van der Waals surface area contributed by atoms with Gasteiger partial charge in [0.2, 0.25) is 0 Å². The van der Waals surface area contributed by atoms with Crippen molar-refractivity contribution in [3.8, 4) is 0 Å². The van der Waals surface area contributed by atoms with E-state index in [0.29, 0.717) is 29.2 Å². The van der Waals surface area contributed by atoms with Gasteiger partial charge in [0.05, 0.1) is 5.56 Å². The zero-order chi connectivity index (χ0) is 16.1. The van der Waals surface area contributed by atoms with E-state index < -0.39 is 5.97 Å². The summed E-state index contributed by atoms with van der Waals surface area (Å²) in [6.45, 7) is 5.43. The Labute approximate surface area is 130 Å². The van der Waals surface area contributed by atoms with Crippen LogP contribution in [-0.2, 0) is 9.53 Å². The molecule has 1 aliphatic heterocycles. The number of esters is 1. The molecule has 0 N–H and O–H groups in total. The number of hydrogen-bond donors (Lipinski definition) is 0. The number of amides is 1. The molecule has 2 atom stereocenters. The lowest BCUT2D eigenvalue weighted by atomic mass is 9.92. The average Bonchev–Trinajstić information content (AvgIpc) is 2.51. The highest BCUT2D eigenvalue weighted by Gasteiger charge is 2.26. The van der Waals surface area contributed by atoms with Gasteiger partial charge in [-0.2, -0.15) is 0 Å². The highest BCUT2D eigenvalue weighted by atomic mass is 16.5. The Balaban J connectivity index is 1.87. The van der Waals surface area contributed by atoms with E-state index in [2.05, 4.69) is 13.8 Å². The second-order valence-electron chi connectivity index (χ2n) is 6.06. The van der Waals surface area contributed by atoms with Crippen LogP contribution in [0.5, 0.6) is 0 Å². The van der Waals surface area contributed by atoms with E-state index in [1.54, 1.807) is 17.0 Å². The van der Waals surface area contributed by atoms with Crippen molar-refractivity contribution in [3.05, 3.63) is 35.4 Å². The van der Waals surface area contributed by atoms with E-state index in [4.69, 9.17) is 4.74 Å². The molecule has 5 heteroatoms. The van der Waals surface area contributed by atoms with E-state index in [0.717, 1.165) is 19.5 Å². The molecule has 0 bridgehead atoms. The zero-order valence-corrected chi connectivity index (χ0v) is 13.0. The Bertz CT molecular complexity index is 542. The predicted molar refractivity (Wildman–Crippen MR) is 81.6 cm³/mol. The van der Waals surface area contributed by atoms with Crippen LogP contribution in [0.25, 0.3) is 0 Å². The quantitative estimate of drug-likeness (QED) is 0.631. The zero-order valence-electron chi connectivity index (χ0n) is 13.0. The number of rotatable bonds is 4. The summed E-state index contributed by atoms with van der Waals surface area (Å²) >= 11 is 0. The fraction of sp³-hybridized carbons (Fsp3) is 0.471. The van der Waals surface area contributed by atoms with E-state index >= 15 is 0 Å². The molecule has 1 aromatic carbocycles. The monoisotopic (exact) mass is 303 g/mol. The van der Waals surface area contributed by atoms with Crippen LogP contribution in [0, 0.1) is 11.8 Å². The number of nitrogens with zero attached hydrogens (tertiary/aromatic N) is 1. The molecule has 1 aliphatic rings. The predicted octanol–water partition coefficient (Wildman–Crippen LogP) is 2.16. The standard InChI is InChI=1S/C17H21NO4/c1-12-7-13(2)9-18(8-12)16(20)11-22-17(21)15-5-3-14(10-19)4-6-15/h3-6,10,12-13H,7-9,11H2,1-2H3/t12-,13-/m0/s1. The second kappa shape index (κ2) is 7.20. The number of likely N-dealkylation sites (tertiary alicyclic amines) is 1. The maximum atomic E-state index is 12.1. The number of benzene rings is 1. The van der Waals surface area contributed by atoms with Crippen molar-refractivity contribution in [2.45, 2.75) is 20.3 Å². The van der Waals surface area contributed by atoms with Crippen molar-refractivity contribution < 1.29 is 19.1 Å². The van der Waals surface area contributed by atoms with Crippen LogP contribution < -0.4 is 0 Å². The third-order valence-corrected chi connectivity index (χ3v) is 3.83. The number of carbonyl (C=O) groups excluding carboxylic acids is 3. The molecule has 2 rings (SSSR count). The fourth-order valence-electron chi connectivity index (χ4n) is 2.87. The summed E-state index contributed by atoms with van der Waals surface area (Å²) in [5, 5.41) is 0. The molecule has 0 radical (unpaired) electrons. The van der Waals surface area contributed by atoms with Crippen molar-refractivity contribution in [2.75, 3.05) is 19.7 Å². The minimum atomic E-state index is -0.552. The molecule has 0 spiro atoms. The summed E-state index contributed by atoms with van der Waals surface area (Å²) in [7, 11) is 0.